The molecule has 0 radical (unpaired) electrons. The molecule has 4 aliphatic rings. The molecule has 4 fully saturated rings. The van der Waals surface area contributed by atoms with Gasteiger partial charge in [0.2, 0.25) is 0 Å². The lowest BCUT2D eigenvalue weighted by atomic mass is 9.44. The van der Waals surface area contributed by atoms with Gasteiger partial charge in [-0.25, -0.2) is 0 Å². The molecule has 1 N–H and O–H groups in total. The van der Waals surface area contributed by atoms with Crippen LogP contribution in [0.25, 0.3) is 0 Å². The van der Waals surface area contributed by atoms with Crippen LogP contribution in [0.2, 0.25) is 0 Å². The minimum atomic E-state index is -1.10. The van der Waals surface area contributed by atoms with Crippen LogP contribution >= 0.6 is 0 Å². The summed E-state index contributed by atoms with van der Waals surface area (Å²) in [5, 5.41) is 8.88. The van der Waals surface area contributed by atoms with Gasteiger partial charge in [0.1, 0.15) is 12.5 Å². The highest BCUT2D eigenvalue weighted by molar-refractivity contribution is 5.90. The molecule has 4 nitrogen and oxygen atoms in total. The molecular formula is C30H50O4. The highest BCUT2D eigenvalue weighted by Gasteiger charge is 2.60. The Morgan fingerprint density at radius 1 is 0.912 bits per heavy atom. The topological polar surface area (TPSA) is 63.6 Å². The first kappa shape index (κ1) is 26.0. The fraction of sp³-hybridized carbons (Fsp3) is 0.933. The molecule has 4 rings (SSSR count). The van der Waals surface area contributed by atoms with Crippen LogP contribution in [0.4, 0.5) is 0 Å². The van der Waals surface area contributed by atoms with Crippen LogP contribution in [-0.4, -0.2) is 23.1 Å². The maximum Gasteiger partial charge on any atom is 0.317 e. The molecule has 4 aliphatic carbocycles. The molecule has 0 aromatic heterocycles. The predicted octanol–water partition coefficient (Wildman–Crippen LogP) is 7.49. The van der Waals surface area contributed by atoms with Gasteiger partial charge >= 0.3 is 11.9 Å². The van der Waals surface area contributed by atoms with E-state index < -0.39 is 18.4 Å². The monoisotopic (exact) mass is 474 g/mol. The van der Waals surface area contributed by atoms with E-state index in [-0.39, 0.29) is 6.10 Å². The van der Waals surface area contributed by atoms with Crippen molar-refractivity contribution < 1.29 is 19.4 Å². The highest BCUT2D eigenvalue weighted by Crippen LogP contribution is 2.68. The van der Waals surface area contributed by atoms with E-state index >= 15 is 0 Å². The number of fused-ring (bicyclic) bond motifs is 5. The third kappa shape index (κ3) is 4.94. The van der Waals surface area contributed by atoms with Crippen molar-refractivity contribution in [1.29, 1.82) is 0 Å². The zero-order valence-electron chi connectivity index (χ0n) is 22.5. The fourth-order valence-corrected chi connectivity index (χ4v) is 9.70. The second-order valence-electron chi connectivity index (χ2n) is 13.6. The SMILES string of the molecule is CC(C)CCCC(C)C1CCC2C3CCC4CC(OC(=O)CC(=O)O)CCC4(C)C3CCC12C. The summed E-state index contributed by atoms with van der Waals surface area (Å²) in [7, 11) is 0. The lowest BCUT2D eigenvalue weighted by molar-refractivity contribution is -0.165. The largest absolute Gasteiger partial charge is 0.481 e. The van der Waals surface area contributed by atoms with Gasteiger partial charge in [-0.1, -0.05) is 53.9 Å². The van der Waals surface area contributed by atoms with Crippen LogP contribution in [0.5, 0.6) is 0 Å². The highest BCUT2D eigenvalue weighted by atomic mass is 16.5. The van der Waals surface area contributed by atoms with Gasteiger partial charge in [0.05, 0.1) is 0 Å². The second-order valence-corrected chi connectivity index (χ2v) is 13.6. The summed E-state index contributed by atoms with van der Waals surface area (Å²) in [6.45, 7) is 12.5. The predicted molar refractivity (Wildman–Crippen MR) is 135 cm³/mol. The molecule has 0 aromatic rings. The summed E-state index contributed by atoms with van der Waals surface area (Å²) >= 11 is 0. The Hall–Kier alpha value is -1.06. The van der Waals surface area contributed by atoms with E-state index in [0.717, 1.165) is 54.8 Å². The van der Waals surface area contributed by atoms with E-state index in [2.05, 4.69) is 34.6 Å². The number of aliphatic carboxylic acids is 1. The normalized spacial score (nSPS) is 42.4. The van der Waals surface area contributed by atoms with Gasteiger partial charge in [-0.15, -0.1) is 0 Å². The molecule has 9 unspecified atom stereocenters. The minimum absolute atomic E-state index is 0.0853. The Labute approximate surface area is 208 Å². The summed E-state index contributed by atoms with van der Waals surface area (Å²) in [4.78, 5) is 22.8. The minimum Gasteiger partial charge on any atom is -0.481 e. The third-order valence-corrected chi connectivity index (χ3v) is 11.4. The van der Waals surface area contributed by atoms with Crippen molar-refractivity contribution in [2.45, 2.75) is 124 Å². The average molecular weight is 475 g/mol. The zero-order valence-corrected chi connectivity index (χ0v) is 22.5. The van der Waals surface area contributed by atoms with Crippen LogP contribution in [0.15, 0.2) is 0 Å². The fourth-order valence-electron chi connectivity index (χ4n) is 9.70. The van der Waals surface area contributed by atoms with Gasteiger partial charge in [0, 0.05) is 0 Å². The van der Waals surface area contributed by atoms with Crippen molar-refractivity contribution in [2.24, 2.45) is 52.3 Å². The van der Waals surface area contributed by atoms with Gasteiger partial charge < -0.3 is 9.84 Å². The maximum atomic E-state index is 11.9. The molecule has 0 heterocycles. The van der Waals surface area contributed by atoms with Gasteiger partial charge in [0.15, 0.2) is 0 Å². The van der Waals surface area contributed by atoms with Crippen LogP contribution in [0.1, 0.15) is 118 Å². The molecule has 34 heavy (non-hydrogen) atoms. The molecule has 0 aromatic carbocycles. The molecule has 0 saturated heterocycles. The molecule has 4 heteroatoms. The summed E-state index contributed by atoms with van der Waals surface area (Å²) in [6, 6.07) is 0. The van der Waals surface area contributed by atoms with Gasteiger partial charge in [-0.05, 0) is 110 Å². The summed E-state index contributed by atoms with van der Waals surface area (Å²) in [6.07, 6.45) is 14.8. The van der Waals surface area contributed by atoms with Crippen molar-refractivity contribution in [3.8, 4) is 0 Å². The number of carboxylic acids is 1. The van der Waals surface area contributed by atoms with E-state index in [9.17, 15) is 9.59 Å². The van der Waals surface area contributed by atoms with Gasteiger partial charge in [-0.3, -0.25) is 9.59 Å². The molecule has 0 amide bonds. The first-order valence-corrected chi connectivity index (χ1v) is 14.5. The van der Waals surface area contributed by atoms with Crippen LogP contribution in [0, 0.1) is 52.3 Å². The molecule has 4 saturated carbocycles. The smallest absolute Gasteiger partial charge is 0.317 e. The van der Waals surface area contributed by atoms with E-state index in [4.69, 9.17) is 9.84 Å². The van der Waals surface area contributed by atoms with Crippen LogP contribution < -0.4 is 0 Å². The standard InChI is InChI=1S/C30H50O4/c1-19(2)7-6-8-20(3)24-11-12-25-23-10-9-21-17-22(34-28(33)18-27(31)32)13-15-29(21,4)26(23)14-16-30(24,25)5/h19-26H,6-18H2,1-5H3,(H,31,32). The van der Waals surface area contributed by atoms with Crippen molar-refractivity contribution in [3.05, 3.63) is 0 Å². The van der Waals surface area contributed by atoms with Crippen molar-refractivity contribution >= 4 is 11.9 Å². The number of ether oxygens (including phenoxy) is 1. The number of carbonyl (C=O) groups excluding carboxylic acids is 1. The Kier molecular flexibility index (Phi) is 7.75. The summed E-state index contributed by atoms with van der Waals surface area (Å²) in [5.74, 6) is 4.11. The maximum absolute atomic E-state index is 11.9. The quantitative estimate of drug-likeness (QED) is 0.292. The second kappa shape index (κ2) is 10.1. The number of hydrogen-bond acceptors (Lipinski definition) is 3. The number of rotatable bonds is 8. The first-order valence-electron chi connectivity index (χ1n) is 14.5. The van der Waals surface area contributed by atoms with Gasteiger partial charge in [0.25, 0.3) is 0 Å². The number of carbonyl (C=O) groups is 2. The summed E-state index contributed by atoms with van der Waals surface area (Å²) < 4.78 is 5.59. The number of hydrogen-bond donors (Lipinski definition) is 1. The Bertz CT molecular complexity index is 746. The molecule has 9 atom stereocenters. The molecule has 0 spiro atoms. The van der Waals surface area contributed by atoms with Crippen molar-refractivity contribution in [3.63, 3.8) is 0 Å². The van der Waals surface area contributed by atoms with E-state index in [1.807, 2.05) is 0 Å². The van der Waals surface area contributed by atoms with Crippen molar-refractivity contribution in [2.75, 3.05) is 0 Å². The lowest BCUT2D eigenvalue weighted by Crippen LogP contribution is -2.54. The lowest BCUT2D eigenvalue weighted by Gasteiger charge is -2.61. The molecule has 0 aliphatic heterocycles. The first-order chi connectivity index (χ1) is 16.0. The summed E-state index contributed by atoms with van der Waals surface area (Å²) in [5.41, 5.74) is 0.895. The van der Waals surface area contributed by atoms with Crippen molar-refractivity contribution in [1.82, 2.24) is 0 Å². The van der Waals surface area contributed by atoms with E-state index in [1.54, 1.807) is 0 Å². The number of carboxylic acid groups (broad SMARTS) is 1. The third-order valence-electron chi connectivity index (χ3n) is 11.4. The zero-order chi connectivity index (χ0) is 24.7. The Morgan fingerprint density at radius 3 is 2.32 bits per heavy atom. The molecular weight excluding hydrogens is 424 g/mol. The van der Waals surface area contributed by atoms with E-state index in [0.29, 0.717) is 16.7 Å². The average Bonchev–Trinajstić information content (AvgIpc) is 3.10. The number of esters is 1. The van der Waals surface area contributed by atoms with E-state index in [1.165, 1.54) is 57.8 Å². The molecule has 194 valence electrons. The molecule has 0 bridgehead atoms. The van der Waals surface area contributed by atoms with Crippen LogP contribution in [-0.2, 0) is 14.3 Å². The Balaban J connectivity index is 1.39. The van der Waals surface area contributed by atoms with Gasteiger partial charge in [-0.2, -0.15) is 0 Å². The van der Waals surface area contributed by atoms with Crippen LogP contribution in [0.3, 0.4) is 0 Å². The Morgan fingerprint density at radius 2 is 1.62 bits per heavy atom.